The van der Waals surface area contributed by atoms with Crippen LogP contribution in [0.2, 0.25) is 5.02 Å². The van der Waals surface area contributed by atoms with Crippen LogP contribution in [0.4, 0.5) is 5.69 Å². The summed E-state index contributed by atoms with van der Waals surface area (Å²) < 4.78 is 0. The molecule has 0 radical (unpaired) electrons. The second-order valence-corrected chi connectivity index (χ2v) is 6.76. The number of carbonyl (C=O) groups excluding carboxylic acids is 2. The molecule has 1 fully saturated rings. The van der Waals surface area contributed by atoms with Gasteiger partial charge in [0.1, 0.15) is 0 Å². The van der Waals surface area contributed by atoms with E-state index in [1.165, 1.54) is 0 Å². The summed E-state index contributed by atoms with van der Waals surface area (Å²) in [5, 5.41) is 13.5. The number of aliphatic hydroxyl groups excluding tert-OH is 1. The van der Waals surface area contributed by atoms with Crippen molar-refractivity contribution in [3.05, 3.63) is 64.7 Å². The summed E-state index contributed by atoms with van der Waals surface area (Å²) in [6.07, 6.45) is 1.70. The van der Waals surface area contributed by atoms with Gasteiger partial charge in [0.05, 0.1) is 6.10 Å². The highest BCUT2D eigenvalue weighted by Gasteiger charge is 2.19. The summed E-state index contributed by atoms with van der Waals surface area (Å²) in [5.74, 6) is -0.144. The number of hydrogen-bond donors (Lipinski definition) is 2. The Balaban J connectivity index is 1.57. The largest absolute Gasteiger partial charge is 0.387 e. The summed E-state index contributed by atoms with van der Waals surface area (Å²) in [6.45, 7) is 0.824. The molecule has 0 spiro atoms. The maximum absolute atomic E-state index is 12.3. The van der Waals surface area contributed by atoms with Gasteiger partial charge < -0.3 is 15.3 Å². The van der Waals surface area contributed by atoms with Crippen LogP contribution >= 0.6 is 11.6 Å². The monoisotopic (exact) mass is 372 g/mol. The average Bonchev–Trinajstić information content (AvgIpc) is 2.67. The smallest absolute Gasteiger partial charge is 0.251 e. The zero-order chi connectivity index (χ0) is 18.5. The van der Waals surface area contributed by atoms with Crippen molar-refractivity contribution < 1.29 is 14.7 Å². The summed E-state index contributed by atoms with van der Waals surface area (Å²) >= 11 is 5.83. The number of aliphatic hydroxyl groups is 1. The maximum Gasteiger partial charge on any atom is 0.251 e. The van der Waals surface area contributed by atoms with E-state index >= 15 is 0 Å². The Bertz CT molecular complexity index is 775. The van der Waals surface area contributed by atoms with Gasteiger partial charge in [-0.1, -0.05) is 23.7 Å². The molecule has 2 aromatic carbocycles. The molecule has 0 bridgehead atoms. The van der Waals surface area contributed by atoms with Crippen molar-refractivity contribution >= 4 is 29.1 Å². The van der Waals surface area contributed by atoms with Gasteiger partial charge in [-0.05, 0) is 54.8 Å². The molecule has 136 valence electrons. The van der Waals surface area contributed by atoms with Gasteiger partial charge in [-0.15, -0.1) is 0 Å². The average molecular weight is 373 g/mol. The van der Waals surface area contributed by atoms with Gasteiger partial charge in [0.2, 0.25) is 5.91 Å². The van der Waals surface area contributed by atoms with Gasteiger partial charge in [0.25, 0.3) is 5.91 Å². The van der Waals surface area contributed by atoms with E-state index in [-0.39, 0.29) is 18.4 Å². The molecule has 1 saturated heterocycles. The molecule has 5 nitrogen and oxygen atoms in total. The molecule has 1 heterocycles. The number of rotatable bonds is 5. The molecule has 0 saturated carbocycles. The number of amides is 2. The first-order valence-corrected chi connectivity index (χ1v) is 9.04. The lowest BCUT2D eigenvalue weighted by molar-refractivity contribution is -0.119. The minimum absolute atomic E-state index is 0.104. The number of halogens is 1. The molecular weight excluding hydrogens is 352 g/mol. The quantitative estimate of drug-likeness (QED) is 0.845. The number of nitrogens with zero attached hydrogens (tertiary/aromatic N) is 1. The molecule has 3 rings (SSSR count). The van der Waals surface area contributed by atoms with Crippen molar-refractivity contribution in [1.82, 2.24) is 5.32 Å². The van der Waals surface area contributed by atoms with Crippen molar-refractivity contribution in [2.24, 2.45) is 0 Å². The van der Waals surface area contributed by atoms with Crippen LogP contribution in [0.1, 0.15) is 41.3 Å². The predicted octanol–water partition coefficient (Wildman–Crippen LogP) is 3.32. The molecule has 0 aromatic heterocycles. The van der Waals surface area contributed by atoms with E-state index in [0.29, 0.717) is 22.6 Å². The van der Waals surface area contributed by atoms with E-state index in [0.717, 1.165) is 25.1 Å². The van der Waals surface area contributed by atoms with Gasteiger partial charge >= 0.3 is 0 Å². The third-order valence-electron chi connectivity index (χ3n) is 4.48. The molecule has 0 aliphatic carbocycles. The van der Waals surface area contributed by atoms with E-state index in [2.05, 4.69) is 5.32 Å². The molecule has 2 N–H and O–H groups in total. The third kappa shape index (κ3) is 4.42. The Morgan fingerprint density at radius 3 is 2.46 bits per heavy atom. The third-order valence-corrected chi connectivity index (χ3v) is 4.73. The molecule has 26 heavy (non-hydrogen) atoms. The first-order chi connectivity index (χ1) is 12.5. The van der Waals surface area contributed by atoms with Crippen molar-refractivity contribution in [3.8, 4) is 0 Å². The number of nitrogens with one attached hydrogen (secondary N) is 1. The van der Waals surface area contributed by atoms with Crippen LogP contribution < -0.4 is 10.2 Å². The topological polar surface area (TPSA) is 69.6 Å². The summed E-state index contributed by atoms with van der Waals surface area (Å²) in [5.41, 5.74) is 1.99. The van der Waals surface area contributed by atoms with Crippen LogP contribution in [-0.4, -0.2) is 30.0 Å². The highest BCUT2D eigenvalue weighted by atomic mass is 35.5. The molecule has 2 aromatic rings. The molecule has 1 atom stereocenters. The van der Waals surface area contributed by atoms with Gasteiger partial charge in [0, 0.05) is 35.8 Å². The number of benzene rings is 2. The SMILES string of the molecule is O=C(NCC(O)c1ccc(Cl)cc1)c1ccc(N2CCCCC2=O)cc1. The lowest BCUT2D eigenvalue weighted by atomic mass is 10.1. The molecule has 2 amide bonds. The second kappa shape index (κ2) is 8.34. The van der Waals surface area contributed by atoms with Crippen LogP contribution in [-0.2, 0) is 4.79 Å². The van der Waals surface area contributed by atoms with Crippen molar-refractivity contribution in [1.29, 1.82) is 0 Å². The van der Waals surface area contributed by atoms with Gasteiger partial charge in [-0.3, -0.25) is 9.59 Å². The van der Waals surface area contributed by atoms with E-state index in [4.69, 9.17) is 11.6 Å². The fourth-order valence-corrected chi connectivity index (χ4v) is 3.09. The Labute approximate surface area is 157 Å². The van der Waals surface area contributed by atoms with Gasteiger partial charge in [-0.2, -0.15) is 0 Å². The fraction of sp³-hybridized carbons (Fsp3) is 0.300. The Morgan fingerprint density at radius 2 is 1.81 bits per heavy atom. The van der Waals surface area contributed by atoms with E-state index in [9.17, 15) is 14.7 Å². The highest BCUT2D eigenvalue weighted by molar-refractivity contribution is 6.30. The van der Waals surface area contributed by atoms with Crippen molar-refractivity contribution in [2.45, 2.75) is 25.4 Å². The Morgan fingerprint density at radius 1 is 1.12 bits per heavy atom. The minimum Gasteiger partial charge on any atom is -0.387 e. The first-order valence-electron chi connectivity index (χ1n) is 8.67. The van der Waals surface area contributed by atoms with E-state index in [1.807, 2.05) is 0 Å². The second-order valence-electron chi connectivity index (χ2n) is 6.33. The summed E-state index contributed by atoms with van der Waals surface area (Å²) in [6, 6.07) is 13.8. The van der Waals surface area contributed by atoms with Crippen LogP contribution in [0, 0.1) is 0 Å². The zero-order valence-electron chi connectivity index (χ0n) is 14.3. The molecule has 1 unspecified atom stereocenters. The van der Waals surface area contributed by atoms with Crippen molar-refractivity contribution in [3.63, 3.8) is 0 Å². The van der Waals surface area contributed by atoms with Crippen molar-refractivity contribution in [2.75, 3.05) is 18.0 Å². The maximum atomic E-state index is 12.3. The highest BCUT2D eigenvalue weighted by Crippen LogP contribution is 2.21. The number of piperidine rings is 1. The van der Waals surface area contributed by atoms with Crippen LogP contribution in [0.25, 0.3) is 0 Å². The number of hydrogen-bond acceptors (Lipinski definition) is 3. The molecule has 6 heteroatoms. The Kier molecular flexibility index (Phi) is 5.91. The first kappa shape index (κ1) is 18.4. The van der Waals surface area contributed by atoms with E-state index in [1.54, 1.807) is 53.4 Å². The standard InChI is InChI=1S/C20H21ClN2O3/c21-16-8-4-14(5-9-16)18(24)13-22-20(26)15-6-10-17(11-7-15)23-12-2-1-3-19(23)25/h4-11,18,24H,1-3,12-13H2,(H,22,26). The molecule has 1 aliphatic heterocycles. The number of carbonyl (C=O) groups is 2. The molecular formula is C20H21ClN2O3. The summed E-state index contributed by atoms with van der Waals surface area (Å²) in [7, 11) is 0. The molecule has 1 aliphatic rings. The fourth-order valence-electron chi connectivity index (χ4n) is 2.97. The Hall–Kier alpha value is -2.37. The van der Waals surface area contributed by atoms with Gasteiger partial charge in [-0.25, -0.2) is 0 Å². The zero-order valence-corrected chi connectivity index (χ0v) is 15.1. The normalized spacial score (nSPS) is 15.6. The number of anilines is 1. The van der Waals surface area contributed by atoms with E-state index < -0.39 is 6.10 Å². The lowest BCUT2D eigenvalue weighted by Crippen LogP contribution is -2.35. The minimum atomic E-state index is -0.804. The predicted molar refractivity (Wildman–Crippen MR) is 101 cm³/mol. The van der Waals surface area contributed by atoms with Crippen LogP contribution in [0.5, 0.6) is 0 Å². The lowest BCUT2D eigenvalue weighted by Gasteiger charge is -2.26. The summed E-state index contributed by atoms with van der Waals surface area (Å²) in [4.78, 5) is 26.0. The van der Waals surface area contributed by atoms with Gasteiger partial charge in [0.15, 0.2) is 0 Å². The van der Waals surface area contributed by atoms with Crippen LogP contribution in [0.3, 0.4) is 0 Å². The van der Waals surface area contributed by atoms with Crippen LogP contribution in [0.15, 0.2) is 48.5 Å².